The van der Waals surface area contributed by atoms with Gasteiger partial charge in [0.1, 0.15) is 0 Å². The molecular formula is C22H17N7O. The van der Waals surface area contributed by atoms with Gasteiger partial charge in [-0.3, -0.25) is 14.8 Å². The summed E-state index contributed by atoms with van der Waals surface area (Å²) >= 11 is 0. The molecule has 8 heteroatoms. The minimum absolute atomic E-state index is 0.205. The van der Waals surface area contributed by atoms with E-state index in [9.17, 15) is 10.1 Å². The van der Waals surface area contributed by atoms with Gasteiger partial charge in [0.15, 0.2) is 11.5 Å². The molecule has 0 aliphatic carbocycles. The van der Waals surface area contributed by atoms with Crippen LogP contribution in [0.2, 0.25) is 0 Å². The fraction of sp³-hybridized carbons (Fsp3) is 0.182. The molecule has 4 aromatic rings. The first kappa shape index (κ1) is 17.9. The van der Waals surface area contributed by atoms with E-state index in [1.165, 1.54) is 16.8 Å². The average Bonchev–Trinajstić information content (AvgIpc) is 2.78. The van der Waals surface area contributed by atoms with E-state index in [0.29, 0.717) is 17.8 Å². The predicted molar refractivity (Wildman–Crippen MR) is 111 cm³/mol. The van der Waals surface area contributed by atoms with Gasteiger partial charge in [-0.1, -0.05) is 0 Å². The standard InChI is InChI=1S/C22H17N7O/c1-14-8-20-25-6-3-21(30)29(20)27-22(14)28-7-4-19-17(13-28)9-16(11-26-19)18-12-24-5-2-15(18)10-23/h2-3,5-6,8-9,11-12H,4,7,13H2,1H3. The molecule has 0 radical (unpaired) electrons. The van der Waals surface area contributed by atoms with Crippen molar-refractivity contribution in [3.8, 4) is 17.2 Å². The third-order valence-corrected chi connectivity index (χ3v) is 5.33. The summed E-state index contributed by atoms with van der Waals surface area (Å²) in [6.45, 7) is 3.34. The molecule has 0 amide bonds. The highest BCUT2D eigenvalue weighted by atomic mass is 16.1. The number of aryl methyl sites for hydroxylation is 1. The lowest BCUT2D eigenvalue weighted by atomic mass is 9.98. The summed E-state index contributed by atoms with van der Waals surface area (Å²) in [5.74, 6) is 0.757. The Bertz CT molecular complexity index is 1390. The molecule has 5 rings (SSSR count). The van der Waals surface area contributed by atoms with E-state index in [0.717, 1.165) is 46.7 Å². The van der Waals surface area contributed by atoms with Crippen molar-refractivity contribution in [2.45, 2.75) is 19.9 Å². The number of nitrogens with zero attached hydrogens (tertiary/aromatic N) is 7. The normalized spacial score (nSPS) is 13.1. The molecule has 0 spiro atoms. The SMILES string of the molecule is Cc1cc2nccc(=O)n2nc1N1CCc2ncc(-c3cnccc3C#N)cc2C1. The van der Waals surface area contributed by atoms with Crippen LogP contribution in [-0.2, 0) is 13.0 Å². The topological polar surface area (TPSA) is 100 Å². The summed E-state index contributed by atoms with van der Waals surface area (Å²) in [5.41, 5.74) is 5.60. The smallest absolute Gasteiger partial charge is 0.274 e. The highest BCUT2D eigenvalue weighted by molar-refractivity contribution is 5.69. The van der Waals surface area contributed by atoms with E-state index >= 15 is 0 Å². The maximum absolute atomic E-state index is 12.2. The van der Waals surface area contributed by atoms with Gasteiger partial charge >= 0.3 is 0 Å². The molecule has 0 bridgehead atoms. The summed E-state index contributed by atoms with van der Waals surface area (Å²) < 4.78 is 1.33. The van der Waals surface area contributed by atoms with E-state index in [4.69, 9.17) is 0 Å². The maximum atomic E-state index is 12.2. The van der Waals surface area contributed by atoms with Crippen LogP contribution in [0.4, 0.5) is 5.82 Å². The van der Waals surface area contributed by atoms with Crippen molar-refractivity contribution < 1.29 is 0 Å². The van der Waals surface area contributed by atoms with Gasteiger partial charge in [-0.15, -0.1) is 5.10 Å². The molecule has 8 nitrogen and oxygen atoms in total. The first-order valence-corrected chi connectivity index (χ1v) is 9.57. The molecule has 146 valence electrons. The van der Waals surface area contributed by atoms with Gasteiger partial charge in [-0.2, -0.15) is 9.78 Å². The summed E-state index contributed by atoms with van der Waals surface area (Å²) in [6.07, 6.45) is 7.38. The molecule has 30 heavy (non-hydrogen) atoms. The molecule has 4 aromatic heterocycles. The van der Waals surface area contributed by atoms with E-state index in [-0.39, 0.29) is 5.56 Å². The van der Waals surface area contributed by atoms with Crippen LogP contribution in [0.15, 0.2) is 53.8 Å². The number of fused-ring (bicyclic) bond motifs is 2. The van der Waals surface area contributed by atoms with E-state index < -0.39 is 0 Å². The Kier molecular flexibility index (Phi) is 4.21. The lowest BCUT2D eigenvalue weighted by Gasteiger charge is -2.30. The van der Waals surface area contributed by atoms with Gasteiger partial charge < -0.3 is 4.90 Å². The Balaban J connectivity index is 1.55. The van der Waals surface area contributed by atoms with Crippen molar-refractivity contribution in [3.05, 3.63) is 81.8 Å². The second kappa shape index (κ2) is 7.04. The summed E-state index contributed by atoms with van der Waals surface area (Å²) in [4.78, 5) is 27.4. The highest BCUT2D eigenvalue weighted by Crippen LogP contribution is 2.29. The molecule has 0 saturated carbocycles. The second-order valence-corrected chi connectivity index (χ2v) is 7.24. The molecule has 5 heterocycles. The molecule has 1 aliphatic rings. The van der Waals surface area contributed by atoms with Crippen molar-refractivity contribution in [1.82, 2.24) is 24.6 Å². The van der Waals surface area contributed by atoms with Crippen molar-refractivity contribution in [1.29, 1.82) is 5.26 Å². The molecule has 0 atom stereocenters. The van der Waals surface area contributed by atoms with Crippen molar-refractivity contribution >= 4 is 11.5 Å². The van der Waals surface area contributed by atoms with E-state index in [2.05, 4.69) is 37.1 Å². The van der Waals surface area contributed by atoms with Crippen LogP contribution in [0.25, 0.3) is 16.8 Å². The Morgan fingerprint density at radius 3 is 2.90 bits per heavy atom. The number of anilines is 1. The van der Waals surface area contributed by atoms with Gasteiger partial charge in [0.2, 0.25) is 0 Å². The Labute approximate surface area is 172 Å². The monoisotopic (exact) mass is 395 g/mol. The first-order chi connectivity index (χ1) is 14.6. The van der Waals surface area contributed by atoms with Crippen LogP contribution >= 0.6 is 0 Å². The number of aromatic nitrogens is 5. The van der Waals surface area contributed by atoms with Gasteiger partial charge in [-0.05, 0) is 36.2 Å². The predicted octanol–water partition coefficient (Wildman–Crippen LogP) is 2.29. The zero-order chi connectivity index (χ0) is 20.7. The minimum Gasteiger partial charge on any atom is -0.350 e. The number of rotatable bonds is 2. The third-order valence-electron chi connectivity index (χ3n) is 5.33. The van der Waals surface area contributed by atoms with Crippen LogP contribution < -0.4 is 10.5 Å². The fourth-order valence-corrected chi connectivity index (χ4v) is 3.84. The zero-order valence-electron chi connectivity index (χ0n) is 16.3. The van der Waals surface area contributed by atoms with Crippen molar-refractivity contribution in [3.63, 3.8) is 0 Å². The number of nitriles is 1. The minimum atomic E-state index is -0.205. The maximum Gasteiger partial charge on any atom is 0.274 e. The lowest BCUT2D eigenvalue weighted by molar-refractivity contribution is 0.685. The van der Waals surface area contributed by atoms with Crippen LogP contribution in [0.5, 0.6) is 0 Å². The number of hydrogen-bond acceptors (Lipinski definition) is 7. The molecule has 0 N–H and O–H groups in total. The fourth-order valence-electron chi connectivity index (χ4n) is 3.84. The molecule has 0 aromatic carbocycles. The Morgan fingerprint density at radius 1 is 1.13 bits per heavy atom. The third kappa shape index (κ3) is 2.97. The van der Waals surface area contributed by atoms with Crippen molar-refractivity contribution in [2.75, 3.05) is 11.4 Å². The second-order valence-electron chi connectivity index (χ2n) is 7.24. The van der Waals surface area contributed by atoms with Gasteiger partial charge in [0, 0.05) is 67.2 Å². The zero-order valence-corrected chi connectivity index (χ0v) is 16.3. The molecular weight excluding hydrogens is 378 g/mol. The Hall–Kier alpha value is -4.12. The first-order valence-electron chi connectivity index (χ1n) is 9.57. The lowest BCUT2D eigenvalue weighted by Crippen LogP contribution is -2.33. The summed E-state index contributed by atoms with van der Waals surface area (Å²) in [6, 6.07) is 9.26. The van der Waals surface area contributed by atoms with Gasteiger partial charge in [-0.25, -0.2) is 4.98 Å². The quantitative estimate of drug-likeness (QED) is 0.513. The number of hydrogen-bond donors (Lipinski definition) is 0. The largest absolute Gasteiger partial charge is 0.350 e. The van der Waals surface area contributed by atoms with Gasteiger partial charge in [0.05, 0.1) is 11.6 Å². The highest BCUT2D eigenvalue weighted by Gasteiger charge is 2.22. The van der Waals surface area contributed by atoms with Gasteiger partial charge in [0.25, 0.3) is 5.56 Å². The summed E-state index contributed by atoms with van der Waals surface area (Å²) in [7, 11) is 0. The van der Waals surface area contributed by atoms with Crippen LogP contribution in [-0.4, -0.2) is 31.1 Å². The van der Waals surface area contributed by atoms with Crippen LogP contribution in [0.3, 0.4) is 0 Å². The molecule has 0 unspecified atom stereocenters. The molecule has 1 aliphatic heterocycles. The molecule has 0 saturated heterocycles. The summed E-state index contributed by atoms with van der Waals surface area (Å²) in [5, 5.41) is 14.0. The van der Waals surface area contributed by atoms with E-state index in [1.807, 2.05) is 13.0 Å². The average molecular weight is 395 g/mol. The number of pyridine rings is 2. The van der Waals surface area contributed by atoms with Crippen LogP contribution in [0.1, 0.15) is 22.4 Å². The Morgan fingerprint density at radius 2 is 2.03 bits per heavy atom. The molecule has 0 fully saturated rings. The van der Waals surface area contributed by atoms with E-state index in [1.54, 1.807) is 24.7 Å². The van der Waals surface area contributed by atoms with Crippen LogP contribution in [0, 0.1) is 18.3 Å². The van der Waals surface area contributed by atoms with Crippen molar-refractivity contribution in [2.24, 2.45) is 0 Å².